The SMILES string of the molecule is CN(C)CCCN1C(=O)c2oc3ccc(Cl)cc3c(=O)c2[C@H]1c1cccc(Br)c1. The van der Waals surface area contributed by atoms with Gasteiger partial charge in [-0.25, -0.2) is 0 Å². The van der Waals surface area contributed by atoms with Crippen molar-refractivity contribution in [2.75, 3.05) is 27.2 Å². The molecule has 1 aliphatic heterocycles. The number of rotatable bonds is 5. The molecule has 2 aromatic carbocycles. The minimum Gasteiger partial charge on any atom is -0.450 e. The molecule has 2 heterocycles. The fourth-order valence-electron chi connectivity index (χ4n) is 3.80. The highest BCUT2D eigenvalue weighted by Gasteiger charge is 2.42. The second-order valence-electron chi connectivity index (χ2n) is 7.43. The molecule has 0 N–H and O–H groups in total. The first-order chi connectivity index (χ1) is 13.9. The largest absolute Gasteiger partial charge is 0.450 e. The van der Waals surface area contributed by atoms with Gasteiger partial charge in [0.1, 0.15) is 5.58 Å². The van der Waals surface area contributed by atoms with Crippen LogP contribution in [0, 0.1) is 0 Å². The Labute approximate surface area is 182 Å². The lowest BCUT2D eigenvalue weighted by Gasteiger charge is -2.26. The van der Waals surface area contributed by atoms with Crippen molar-refractivity contribution in [2.45, 2.75) is 12.5 Å². The summed E-state index contributed by atoms with van der Waals surface area (Å²) in [6, 6.07) is 12.1. The van der Waals surface area contributed by atoms with Gasteiger partial charge in [-0.15, -0.1) is 0 Å². The molecule has 29 heavy (non-hydrogen) atoms. The van der Waals surface area contributed by atoms with Crippen molar-refractivity contribution in [3.05, 3.63) is 79.1 Å². The number of carbonyl (C=O) groups is 1. The molecule has 150 valence electrons. The number of carbonyl (C=O) groups excluding carboxylic acids is 1. The Balaban J connectivity index is 1.89. The predicted octanol–water partition coefficient (Wildman–Crippen LogP) is 4.71. The van der Waals surface area contributed by atoms with Crippen LogP contribution in [0.1, 0.15) is 34.1 Å². The molecular weight excluding hydrogens is 456 g/mol. The van der Waals surface area contributed by atoms with Gasteiger partial charge in [0.2, 0.25) is 5.76 Å². The van der Waals surface area contributed by atoms with E-state index in [9.17, 15) is 9.59 Å². The maximum absolute atomic E-state index is 13.4. The molecule has 3 aromatic rings. The minimum atomic E-state index is -0.489. The maximum atomic E-state index is 13.4. The van der Waals surface area contributed by atoms with Crippen molar-refractivity contribution in [2.24, 2.45) is 0 Å². The highest BCUT2D eigenvalue weighted by molar-refractivity contribution is 9.10. The van der Waals surface area contributed by atoms with E-state index in [1.807, 2.05) is 38.4 Å². The van der Waals surface area contributed by atoms with Crippen LogP contribution in [0.3, 0.4) is 0 Å². The lowest BCUT2D eigenvalue weighted by Crippen LogP contribution is -2.32. The van der Waals surface area contributed by atoms with E-state index < -0.39 is 6.04 Å². The summed E-state index contributed by atoms with van der Waals surface area (Å²) in [4.78, 5) is 30.5. The fraction of sp³-hybridized carbons (Fsp3) is 0.273. The van der Waals surface area contributed by atoms with Gasteiger partial charge < -0.3 is 14.2 Å². The summed E-state index contributed by atoms with van der Waals surface area (Å²) in [7, 11) is 3.99. The number of halogens is 2. The van der Waals surface area contributed by atoms with Crippen LogP contribution in [0.15, 0.2) is 56.1 Å². The number of fused-ring (bicyclic) bond motifs is 2. The fourth-order valence-corrected chi connectivity index (χ4v) is 4.39. The van der Waals surface area contributed by atoms with E-state index in [1.165, 1.54) is 0 Å². The molecule has 0 fully saturated rings. The Bertz CT molecular complexity index is 1160. The number of benzene rings is 2. The molecule has 0 bridgehead atoms. The van der Waals surface area contributed by atoms with E-state index in [2.05, 4.69) is 20.8 Å². The summed E-state index contributed by atoms with van der Waals surface area (Å²) in [5.41, 5.74) is 1.41. The van der Waals surface area contributed by atoms with E-state index in [4.69, 9.17) is 16.0 Å². The van der Waals surface area contributed by atoms with Crippen LogP contribution in [-0.2, 0) is 0 Å². The van der Waals surface area contributed by atoms with Crippen LogP contribution in [0.4, 0.5) is 0 Å². The third-order valence-electron chi connectivity index (χ3n) is 5.10. The first-order valence-electron chi connectivity index (χ1n) is 9.34. The summed E-state index contributed by atoms with van der Waals surface area (Å²) in [5, 5.41) is 0.843. The van der Waals surface area contributed by atoms with Gasteiger partial charge in [0.15, 0.2) is 5.43 Å². The van der Waals surface area contributed by atoms with Crippen LogP contribution in [0.25, 0.3) is 11.0 Å². The van der Waals surface area contributed by atoms with Crippen molar-refractivity contribution < 1.29 is 9.21 Å². The highest BCUT2D eigenvalue weighted by Crippen LogP contribution is 2.39. The molecule has 5 nitrogen and oxygen atoms in total. The summed E-state index contributed by atoms with van der Waals surface area (Å²) in [6.07, 6.45) is 0.788. The van der Waals surface area contributed by atoms with Crippen LogP contribution in [0.5, 0.6) is 0 Å². The van der Waals surface area contributed by atoms with E-state index in [0.29, 0.717) is 28.1 Å². The van der Waals surface area contributed by atoms with Crippen molar-refractivity contribution in [1.82, 2.24) is 9.80 Å². The van der Waals surface area contributed by atoms with E-state index >= 15 is 0 Å². The second kappa shape index (κ2) is 7.94. The van der Waals surface area contributed by atoms with Gasteiger partial charge >= 0.3 is 0 Å². The van der Waals surface area contributed by atoms with E-state index in [1.54, 1.807) is 23.1 Å². The molecule has 0 radical (unpaired) electrons. The first-order valence-corrected chi connectivity index (χ1v) is 10.5. The smallest absolute Gasteiger partial charge is 0.290 e. The van der Waals surface area contributed by atoms with Gasteiger partial charge in [0.25, 0.3) is 5.91 Å². The van der Waals surface area contributed by atoms with Gasteiger partial charge in [-0.05, 0) is 63.0 Å². The lowest BCUT2D eigenvalue weighted by molar-refractivity contribution is 0.0722. The predicted molar refractivity (Wildman–Crippen MR) is 118 cm³/mol. The van der Waals surface area contributed by atoms with Gasteiger partial charge in [-0.1, -0.05) is 39.7 Å². The average Bonchev–Trinajstić information content (AvgIpc) is 2.95. The lowest BCUT2D eigenvalue weighted by atomic mass is 9.98. The maximum Gasteiger partial charge on any atom is 0.290 e. The van der Waals surface area contributed by atoms with Crippen molar-refractivity contribution in [3.8, 4) is 0 Å². The number of amides is 1. The molecule has 7 heteroatoms. The second-order valence-corrected chi connectivity index (χ2v) is 8.78. The Kier molecular flexibility index (Phi) is 5.51. The van der Waals surface area contributed by atoms with Gasteiger partial charge in [0.05, 0.1) is 17.0 Å². The van der Waals surface area contributed by atoms with Crippen LogP contribution < -0.4 is 5.43 Å². The normalized spacial score (nSPS) is 16.1. The summed E-state index contributed by atoms with van der Waals surface area (Å²) >= 11 is 9.60. The first kappa shape index (κ1) is 20.1. The molecule has 1 aromatic heterocycles. The number of hydrogen-bond acceptors (Lipinski definition) is 4. The Morgan fingerprint density at radius 3 is 2.69 bits per heavy atom. The molecule has 0 spiro atoms. The topological polar surface area (TPSA) is 53.8 Å². The number of hydrogen-bond donors (Lipinski definition) is 0. The van der Waals surface area contributed by atoms with Crippen LogP contribution in [-0.4, -0.2) is 42.9 Å². The van der Waals surface area contributed by atoms with Crippen molar-refractivity contribution >= 4 is 44.4 Å². The van der Waals surface area contributed by atoms with Crippen molar-refractivity contribution in [3.63, 3.8) is 0 Å². The zero-order valence-electron chi connectivity index (χ0n) is 16.1. The van der Waals surface area contributed by atoms with Crippen LogP contribution in [0.2, 0.25) is 5.02 Å². The van der Waals surface area contributed by atoms with E-state index in [-0.39, 0.29) is 17.1 Å². The Morgan fingerprint density at radius 1 is 1.17 bits per heavy atom. The average molecular weight is 476 g/mol. The van der Waals surface area contributed by atoms with E-state index in [0.717, 1.165) is 23.0 Å². The molecular formula is C22H20BrClN2O3. The minimum absolute atomic E-state index is 0.125. The van der Waals surface area contributed by atoms with Crippen molar-refractivity contribution in [1.29, 1.82) is 0 Å². The summed E-state index contributed by atoms with van der Waals surface area (Å²) in [5.74, 6) is -0.127. The highest BCUT2D eigenvalue weighted by atomic mass is 79.9. The standard InChI is InChI=1S/C22H20BrClN2O3/c1-25(2)9-4-10-26-19(13-5-3-6-14(23)11-13)18-20(27)16-12-15(24)7-8-17(16)29-21(18)22(26)28/h3,5-8,11-12,19H,4,9-10H2,1-2H3/t19-/m1/s1. The van der Waals surface area contributed by atoms with Gasteiger partial charge in [-0.3, -0.25) is 9.59 Å². The summed E-state index contributed by atoms with van der Waals surface area (Å²) in [6.45, 7) is 1.36. The molecule has 4 rings (SSSR count). The number of nitrogens with zero attached hydrogens (tertiary/aromatic N) is 2. The molecule has 1 aliphatic rings. The Morgan fingerprint density at radius 2 is 1.97 bits per heavy atom. The van der Waals surface area contributed by atoms with Crippen LogP contribution >= 0.6 is 27.5 Å². The van der Waals surface area contributed by atoms with Gasteiger partial charge in [-0.2, -0.15) is 0 Å². The monoisotopic (exact) mass is 474 g/mol. The molecule has 0 saturated heterocycles. The molecule has 1 atom stereocenters. The third-order valence-corrected chi connectivity index (χ3v) is 5.82. The molecule has 0 saturated carbocycles. The zero-order chi connectivity index (χ0) is 20.7. The third kappa shape index (κ3) is 3.72. The zero-order valence-corrected chi connectivity index (χ0v) is 18.5. The summed E-state index contributed by atoms with van der Waals surface area (Å²) < 4.78 is 6.81. The van der Waals surface area contributed by atoms with Gasteiger partial charge in [0, 0.05) is 16.0 Å². The molecule has 0 aliphatic carbocycles. The molecule has 0 unspecified atom stereocenters. The molecule has 1 amide bonds. The quantitative estimate of drug-likeness (QED) is 0.536. The Hall–Kier alpha value is -2.15.